The second-order valence-corrected chi connectivity index (χ2v) is 5.39. The third-order valence-corrected chi connectivity index (χ3v) is 3.46. The van der Waals surface area contributed by atoms with Crippen LogP contribution in [0.3, 0.4) is 0 Å². The van der Waals surface area contributed by atoms with E-state index < -0.39 is 0 Å². The molecule has 0 aliphatic heterocycles. The Labute approximate surface area is 135 Å². The van der Waals surface area contributed by atoms with Crippen molar-refractivity contribution in [2.75, 3.05) is 44.9 Å². The van der Waals surface area contributed by atoms with Gasteiger partial charge in [-0.1, -0.05) is 19.9 Å². The maximum Gasteiger partial charge on any atom is 0.142 e. The first-order valence-corrected chi connectivity index (χ1v) is 8.47. The SMILES string of the molecule is CCCN(CCC)c1ccc(CNCCOC)cc1OCC. The lowest BCUT2D eigenvalue weighted by Crippen LogP contribution is -2.25. The highest BCUT2D eigenvalue weighted by Crippen LogP contribution is 2.30. The van der Waals surface area contributed by atoms with E-state index in [-0.39, 0.29) is 0 Å². The largest absolute Gasteiger partial charge is 0.492 e. The molecule has 0 aliphatic carbocycles. The summed E-state index contributed by atoms with van der Waals surface area (Å²) >= 11 is 0. The monoisotopic (exact) mass is 308 g/mol. The standard InChI is InChI=1S/C18H32N2O2/c1-5-11-20(12-6-2)17-9-8-16(14-18(17)22-7-3)15-19-10-13-21-4/h8-9,14,19H,5-7,10-13,15H2,1-4H3. The van der Waals surface area contributed by atoms with E-state index in [1.165, 1.54) is 11.3 Å². The number of hydrogen-bond donors (Lipinski definition) is 1. The first-order chi connectivity index (χ1) is 10.8. The second kappa shape index (κ2) is 11.3. The van der Waals surface area contributed by atoms with Crippen LogP contribution in [0.2, 0.25) is 0 Å². The van der Waals surface area contributed by atoms with Gasteiger partial charge in [0, 0.05) is 33.3 Å². The molecule has 0 heterocycles. The van der Waals surface area contributed by atoms with Crippen molar-refractivity contribution in [3.05, 3.63) is 23.8 Å². The van der Waals surface area contributed by atoms with Crippen LogP contribution in [0.4, 0.5) is 5.69 Å². The van der Waals surface area contributed by atoms with Gasteiger partial charge in [-0.15, -0.1) is 0 Å². The third kappa shape index (κ3) is 6.24. The minimum Gasteiger partial charge on any atom is -0.492 e. The summed E-state index contributed by atoms with van der Waals surface area (Å²) in [6.07, 6.45) is 2.29. The average Bonchev–Trinajstić information content (AvgIpc) is 2.52. The molecule has 0 aliphatic rings. The molecule has 0 aromatic heterocycles. The van der Waals surface area contributed by atoms with E-state index in [1.54, 1.807) is 7.11 Å². The number of anilines is 1. The highest BCUT2D eigenvalue weighted by Gasteiger charge is 2.12. The molecule has 4 heteroatoms. The van der Waals surface area contributed by atoms with E-state index in [9.17, 15) is 0 Å². The summed E-state index contributed by atoms with van der Waals surface area (Å²) in [5, 5.41) is 3.38. The maximum absolute atomic E-state index is 5.88. The van der Waals surface area contributed by atoms with Crippen molar-refractivity contribution in [1.29, 1.82) is 0 Å². The topological polar surface area (TPSA) is 33.7 Å². The number of nitrogens with zero attached hydrogens (tertiary/aromatic N) is 1. The molecular formula is C18H32N2O2. The fraction of sp³-hybridized carbons (Fsp3) is 0.667. The molecule has 1 N–H and O–H groups in total. The molecule has 0 radical (unpaired) electrons. The Morgan fingerprint density at radius 1 is 1.09 bits per heavy atom. The Hall–Kier alpha value is -1.26. The quantitative estimate of drug-likeness (QED) is 0.600. The predicted octanol–water partition coefficient (Wildman–Crippen LogP) is 3.45. The first kappa shape index (κ1) is 18.8. The molecule has 1 rings (SSSR count). The van der Waals surface area contributed by atoms with Crippen molar-refractivity contribution in [1.82, 2.24) is 5.32 Å². The summed E-state index contributed by atoms with van der Waals surface area (Å²) in [6.45, 7) is 11.7. The Balaban J connectivity index is 2.83. The van der Waals surface area contributed by atoms with Crippen molar-refractivity contribution in [2.24, 2.45) is 0 Å². The highest BCUT2D eigenvalue weighted by atomic mass is 16.5. The summed E-state index contributed by atoms with van der Waals surface area (Å²) < 4.78 is 10.9. The highest BCUT2D eigenvalue weighted by molar-refractivity contribution is 5.60. The molecule has 0 saturated carbocycles. The molecule has 0 atom stereocenters. The van der Waals surface area contributed by atoms with E-state index in [4.69, 9.17) is 9.47 Å². The van der Waals surface area contributed by atoms with Crippen molar-refractivity contribution in [3.63, 3.8) is 0 Å². The number of nitrogens with one attached hydrogen (secondary N) is 1. The molecule has 0 saturated heterocycles. The molecule has 0 unspecified atom stereocenters. The van der Waals surface area contributed by atoms with E-state index >= 15 is 0 Å². The van der Waals surface area contributed by atoms with Crippen molar-refractivity contribution >= 4 is 5.69 Å². The normalized spacial score (nSPS) is 10.7. The Bertz CT molecular complexity index is 404. The number of benzene rings is 1. The molecule has 22 heavy (non-hydrogen) atoms. The van der Waals surface area contributed by atoms with E-state index in [0.29, 0.717) is 6.61 Å². The van der Waals surface area contributed by atoms with Crippen LogP contribution in [-0.2, 0) is 11.3 Å². The van der Waals surface area contributed by atoms with Gasteiger partial charge in [0.15, 0.2) is 0 Å². The molecule has 0 spiro atoms. The molecule has 0 fully saturated rings. The molecule has 126 valence electrons. The fourth-order valence-corrected chi connectivity index (χ4v) is 2.50. The Kier molecular flexibility index (Phi) is 9.67. The van der Waals surface area contributed by atoms with Crippen LogP contribution in [0.5, 0.6) is 5.75 Å². The van der Waals surface area contributed by atoms with Crippen molar-refractivity contribution in [2.45, 2.75) is 40.2 Å². The van der Waals surface area contributed by atoms with Gasteiger partial charge in [-0.2, -0.15) is 0 Å². The van der Waals surface area contributed by atoms with Gasteiger partial charge in [0.25, 0.3) is 0 Å². The molecule has 1 aromatic carbocycles. The van der Waals surface area contributed by atoms with Crippen LogP contribution in [0.25, 0.3) is 0 Å². The van der Waals surface area contributed by atoms with Gasteiger partial charge in [0.1, 0.15) is 5.75 Å². The molecular weight excluding hydrogens is 276 g/mol. The molecule has 1 aromatic rings. The third-order valence-electron chi connectivity index (χ3n) is 3.46. The van der Waals surface area contributed by atoms with E-state index in [2.05, 4.69) is 42.3 Å². The molecule has 4 nitrogen and oxygen atoms in total. The van der Waals surface area contributed by atoms with Gasteiger partial charge in [0.2, 0.25) is 0 Å². The van der Waals surface area contributed by atoms with Crippen molar-refractivity contribution in [3.8, 4) is 5.75 Å². The zero-order valence-electron chi connectivity index (χ0n) is 14.7. The van der Waals surface area contributed by atoms with Gasteiger partial charge >= 0.3 is 0 Å². The Morgan fingerprint density at radius 2 is 1.82 bits per heavy atom. The summed E-state index contributed by atoms with van der Waals surface area (Å²) in [6, 6.07) is 6.55. The predicted molar refractivity (Wildman–Crippen MR) is 94.0 cm³/mol. The zero-order valence-corrected chi connectivity index (χ0v) is 14.7. The smallest absolute Gasteiger partial charge is 0.142 e. The van der Waals surface area contributed by atoms with Gasteiger partial charge in [-0.3, -0.25) is 0 Å². The minimum atomic E-state index is 0.694. The molecule has 0 bridgehead atoms. The van der Waals surface area contributed by atoms with Crippen molar-refractivity contribution < 1.29 is 9.47 Å². The Morgan fingerprint density at radius 3 is 2.41 bits per heavy atom. The number of ether oxygens (including phenoxy) is 2. The second-order valence-electron chi connectivity index (χ2n) is 5.39. The van der Waals surface area contributed by atoms with Gasteiger partial charge < -0.3 is 19.7 Å². The van der Waals surface area contributed by atoms with Crippen LogP contribution in [-0.4, -0.2) is 40.0 Å². The van der Waals surface area contributed by atoms with E-state index in [0.717, 1.165) is 51.4 Å². The van der Waals surface area contributed by atoms with Crippen LogP contribution < -0.4 is 15.0 Å². The number of rotatable bonds is 12. The number of methoxy groups -OCH3 is 1. The number of hydrogen-bond acceptors (Lipinski definition) is 4. The van der Waals surface area contributed by atoms with Crippen LogP contribution in [0, 0.1) is 0 Å². The summed E-state index contributed by atoms with van der Waals surface area (Å²) in [5.74, 6) is 0.996. The minimum absolute atomic E-state index is 0.694. The summed E-state index contributed by atoms with van der Waals surface area (Å²) in [4.78, 5) is 2.42. The van der Waals surface area contributed by atoms with Crippen LogP contribution in [0.1, 0.15) is 39.2 Å². The fourth-order valence-electron chi connectivity index (χ4n) is 2.50. The summed E-state index contributed by atoms with van der Waals surface area (Å²) in [5.41, 5.74) is 2.46. The lowest BCUT2D eigenvalue weighted by atomic mass is 10.1. The van der Waals surface area contributed by atoms with Gasteiger partial charge in [-0.05, 0) is 37.5 Å². The van der Waals surface area contributed by atoms with Gasteiger partial charge in [-0.25, -0.2) is 0 Å². The molecule has 0 amide bonds. The van der Waals surface area contributed by atoms with E-state index in [1.807, 2.05) is 6.92 Å². The maximum atomic E-state index is 5.88. The lowest BCUT2D eigenvalue weighted by Gasteiger charge is -2.26. The van der Waals surface area contributed by atoms with Crippen LogP contribution >= 0.6 is 0 Å². The zero-order chi connectivity index (χ0) is 16.2. The lowest BCUT2D eigenvalue weighted by molar-refractivity contribution is 0.199. The average molecular weight is 308 g/mol. The summed E-state index contributed by atoms with van der Waals surface area (Å²) in [7, 11) is 1.72. The van der Waals surface area contributed by atoms with Gasteiger partial charge in [0.05, 0.1) is 18.9 Å². The van der Waals surface area contributed by atoms with Crippen LogP contribution in [0.15, 0.2) is 18.2 Å². The first-order valence-electron chi connectivity index (χ1n) is 8.47.